The maximum absolute atomic E-state index is 12.5. The van der Waals surface area contributed by atoms with Crippen LogP contribution in [0, 0.1) is 5.92 Å². The van der Waals surface area contributed by atoms with Crippen LogP contribution in [0.4, 0.5) is 5.82 Å². The van der Waals surface area contributed by atoms with Crippen molar-refractivity contribution in [3.8, 4) is 0 Å². The number of hydrogen-bond acceptors (Lipinski definition) is 5. The molecule has 7 nitrogen and oxygen atoms in total. The predicted octanol–water partition coefficient (Wildman–Crippen LogP) is 0.366. The van der Waals surface area contributed by atoms with E-state index in [1.165, 1.54) is 4.31 Å². The van der Waals surface area contributed by atoms with Gasteiger partial charge in [-0.3, -0.25) is 4.90 Å². The van der Waals surface area contributed by atoms with Crippen LogP contribution in [0.2, 0.25) is 0 Å². The van der Waals surface area contributed by atoms with E-state index in [4.69, 9.17) is 5.73 Å². The van der Waals surface area contributed by atoms with Crippen LogP contribution in [0.1, 0.15) is 18.4 Å². The van der Waals surface area contributed by atoms with Crippen molar-refractivity contribution in [2.75, 3.05) is 39.5 Å². The lowest BCUT2D eigenvalue weighted by Gasteiger charge is -2.36. The molecule has 0 amide bonds. The SMILES string of the molecule is CN(C)S(=O)(=O)N1C[C@@H]2CC[C@H](C1)N(Cc1cccnc1N)C2. The second-order valence-corrected chi connectivity index (χ2v) is 8.82. The van der Waals surface area contributed by atoms with E-state index in [1.54, 1.807) is 24.6 Å². The molecule has 23 heavy (non-hydrogen) atoms. The lowest BCUT2D eigenvalue weighted by molar-refractivity contribution is 0.125. The molecule has 0 saturated carbocycles. The summed E-state index contributed by atoms with van der Waals surface area (Å²) in [6.07, 6.45) is 3.81. The van der Waals surface area contributed by atoms with Gasteiger partial charge in [0.15, 0.2) is 0 Å². The summed E-state index contributed by atoms with van der Waals surface area (Å²) in [7, 11) is -0.164. The van der Waals surface area contributed by atoms with Gasteiger partial charge in [0.1, 0.15) is 5.82 Å². The Labute approximate surface area is 138 Å². The van der Waals surface area contributed by atoms with Crippen molar-refractivity contribution in [2.24, 2.45) is 5.92 Å². The summed E-state index contributed by atoms with van der Waals surface area (Å²) < 4.78 is 27.9. The first-order chi connectivity index (χ1) is 10.9. The van der Waals surface area contributed by atoms with Crippen molar-refractivity contribution in [3.05, 3.63) is 23.9 Å². The third-order valence-corrected chi connectivity index (χ3v) is 6.75. The smallest absolute Gasteiger partial charge is 0.281 e. The third-order valence-electron chi connectivity index (χ3n) is 4.88. The number of nitrogens with zero attached hydrogens (tertiary/aromatic N) is 4. The molecule has 128 valence electrons. The number of anilines is 1. The second-order valence-electron chi connectivity index (χ2n) is 6.68. The van der Waals surface area contributed by atoms with Crippen LogP contribution in [0.5, 0.6) is 0 Å². The molecule has 2 bridgehead atoms. The summed E-state index contributed by atoms with van der Waals surface area (Å²) in [4.78, 5) is 6.51. The standard InChI is InChI=1S/C15H25N5O2S/c1-18(2)23(21,22)20-9-12-5-6-14(11-20)19(8-12)10-13-4-3-7-17-15(13)16/h3-4,7,12,14H,5-6,8-11H2,1-2H3,(H2,16,17)/t12-,14-/m1/s1. The first-order valence-electron chi connectivity index (χ1n) is 7.99. The Kier molecular flexibility index (Phi) is 4.59. The molecule has 0 radical (unpaired) electrons. The van der Waals surface area contributed by atoms with Gasteiger partial charge in [-0.1, -0.05) is 6.07 Å². The fourth-order valence-electron chi connectivity index (χ4n) is 3.55. The number of nitrogen functional groups attached to an aromatic ring is 1. The van der Waals surface area contributed by atoms with Gasteiger partial charge >= 0.3 is 0 Å². The van der Waals surface area contributed by atoms with E-state index in [2.05, 4.69) is 9.88 Å². The average molecular weight is 339 g/mol. The summed E-state index contributed by atoms with van der Waals surface area (Å²) in [6, 6.07) is 4.13. The largest absolute Gasteiger partial charge is 0.383 e. The Morgan fingerprint density at radius 2 is 2.09 bits per heavy atom. The van der Waals surface area contributed by atoms with Gasteiger partial charge in [0.2, 0.25) is 0 Å². The Balaban J connectivity index is 1.79. The van der Waals surface area contributed by atoms with E-state index in [1.807, 2.05) is 12.1 Å². The molecule has 0 aromatic carbocycles. The summed E-state index contributed by atoms with van der Waals surface area (Å²) in [5.41, 5.74) is 6.98. The molecule has 3 aliphatic rings. The Morgan fingerprint density at radius 1 is 1.30 bits per heavy atom. The zero-order chi connectivity index (χ0) is 16.6. The van der Waals surface area contributed by atoms with E-state index in [0.717, 1.165) is 31.5 Å². The monoisotopic (exact) mass is 339 g/mol. The number of pyridine rings is 1. The van der Waals surface area contributed by atoms with Crippen LogP contribution < -0.4 is 5.73 Å². The minimum absolute atomic E-state index is 0.239. The van der Waals surface area contributed by atoms with Gasteiger partial charge < -0.3 is 5.73 Å². The molecular formula is C15H25N5O2S. The van der Waals surface area contributed by atoms with Gasteiger partial charge in [0.05, 0.1) is 0 Å². The number of hydrogen-bond donors (Lipinski definition) is 1. The van der Waals surface area contributed by atoms with Crippen LogP contribution in [0.15, 0.2) is 18.3 Å². The van der Waals surface area contributed by atoms with Crippen LogP contribution in [0.3, 0.4) is 0 Å². The molecule has 8 heteroatoms. The highest BCUT2D eigenvalue weighted by Crippen LogP contribution is 2.31. The van der Waals surface area contributed by atoms with E-state index in [0.29, 0.717) is 24.8 Å². The van der Waals surface area contributed by atoms with Crippen molar-refractivity contribution in [1.82, 2.24) is 18.5 Å². The first kappa shape index (κ1) is 16.6. The van der Waals surface area contributed by atoms with E-state index < -0.39 is 10.2 Å². The average Bonchev–Trinajstić information content (AvgIpc) is 2.81. The molecule has 0 aliphatic carbocycles. The van der Waals surface area contributed by atoms with Crippen molar-refractivity contribution >= 4 is 16.0 Å². The summed E-state index contributed by atoms with van der Waals surface area (Å²) in [5.74, 6) is 0.937. The second kappa shape index (κ2) is 6.35. The van der Waals surface area contributed by atoms with Crippen molar-refractivity contribution < 1.29 is 8.42 Å². The van der Waals surface area contributed by atoms with Crippen LogP contribution >= 0.6 is 0 Å². The highest BCUT2D eigenvalue weighted by Gasteiger charge is 2.39. The molecule has 3 aliphatic heterocycles. The van der Waals surface area contributed by atoms with Crippen LogP contribution in [0.25, 0.3) is 0 Å². The zero-order valence-electron chi connectivity index (χ0n) is 13.7. The predicted molar refractivity (Wildman–Crippen MR) is 89.8 cm³/mol. The van der Waals surface area contributed by atoms with Crippen LogP contribution in [-0.4, -0.2) is 66.7 Å². The molecule has 4 rings (SSSR count). The minimum atomic E-state index is -3.35. The Bertz CT molecular complexity index is 664. The minimum Gasteiger partial charge on any atom is -0.383 e. The van der Waals surface area contributed by atoms with E-state index in [9.17, 15) is 8.42 Å². The maximum atomic E-state index is 12.5. The normalized spacial score (nSPS) is 26.6. The lowest BCUT2D eigenvalue weighted by Crippen LogP contribution is -2.46. The van der Waals surface area contributed by atoms with E-state index in [-0.39, 0.29) is 6.04 Å². The van der Waals surface area contributed by atoms with Crippen molar-refractivity contribution in [3.63, 3.8) is 0 Å². The molecule has 1 aromatic heterocycles. The van der Waals surface area contributed by atoms with Gasteiger partial charge in [-0.25, -0.2) is 4.98 Å². The van der Waals surface area contributed by atoms with Crippen LogP contribution in [-0.2, 0) is 16.8 Å². The molecular weight excluding hydrogens is 314 g/mol. The van der Waals surface area contributed by atoms with Gasteiger partial charge in [-0.05, 0) is 24.8 Å². The zero-order valence-corrected chi connectivity index (χ0v) is 14.5. The maximum Gasteiger partial charge on any atom is 0.281 e. The molecule has 0 unspecified atom stereocenters. The summed E-state index contributed by atoms with van der Waals surface area (Å²) in [5, 5.41) is 0. The van der Waals surface area contributed by atoms with E-state index >= 15 is 0 Å². The first-order valence-corrected chi connectivity index (χ1v) is 9.38. The number of nitrogens with two attached hydrogens (primary N) is 1. The van der Waals surface area contributed by atoms with Gasteiger partial charge in [0, 0.05) is 58.1 Å². The molecule has 0 spiro atoms. The Morgan fingerprint density at radius 3 is 2.78 bits per heavy atom. The molecule has 3 saturated heterocycles. The fourth-order valence-corrected chi connectivity index (χ4v) is 4.77. The topological polar surface area (TPSA) is 82.8 Å². The highest BCUT2D eigenvalue weighted by molar-refractivity contribution is 7.86. The number of piperidine rings is 1. The highest BCUT2D eigenvalue weighted by atomic mass is 32.2. The number of aromatic nitrogens is 1. The van der Waals surface area contributed by atoms with Gasteiger partial charge in [-0.15, -0.1) is 0 Å². The fraction of sp³-hybridized carbons (Fsp3) is 0.667. The van der Waals surface area contributed by atoms with Crippen molar-refractivity contribution in [1.29, 1.82) is 0 Å². The summed E-state index contributed by atoms with van der Waals surface area (Å²) in [6.45, 7) is 2.81. The van der Waals surface area contributed by atoms with Crippen molar-refractivity contribution in [2.45, 2.75) is 25.4 Å². The van der Waals surface area contributed by atoms with Gasteiger partial charge in [0.25, 0.3) is 10.2 Å². The summed E-state index contributed by atoms with van der Waals surface area (Å²) >= 11 is 0. The molecule has 3 fully saturated rings. The lowest BCUT2D eigenvalue weighted by atomic mass is 9.94. The number of rotatable bonds is 4. The molecule has 2 N–H and O–H groups in total. The molecule has 2 atom stereocenters. The quantitative estimate of drug-likeness (QED) is 0.857. The Hall–Kier alpha value is -1.22. The molecule has 4 heterocycles. The van der Waals surface area contributed by atoms with Gasteiger partial charge in [-0.2, -0.15) is 17.0 Å². The molecule has 1 aromatic rings. The third kappa shape index (κ3) is 3.35. The number of fused-ring (bicyclic) bond motifs is 4.